The molecule has 0 saturated carbocycles. The molecule has 0 radical (unpaired) electrons. The number of aliphatic hydroxyl groups excluding tert-OH is 1. The molecule has 5 nitrogen and oxygen atoms in total. The van der Waals surface area contributed by atoms with Gasteiger partial charge in [-0.3, -0.25) is 4.79 Å². The van der Waals surface area contributed by atoms with Crippen molar-refractivity contribution in [2.75, 3.05) is 18.9 Å². The molecule has 100 valence electrons. The van der Waals surface area contributed by atoms with Gasteiger partial charge in [-0.05, 0) is 31.0 Å². The van der Waals surface area contributed by atoms with Crippen molar-refractivity contribution in [3.63, 3.8) is 0 Å². The van der Waals surface area contributed by atoms with Gasteiger partial charge in [-0.15, -0.1) is 0 Å². The molecule has 1 aliphatic heterocycles. The first-order valence-corrected chi connectivity index (χ1v) is 7.08. The van der Waals surface area contributed by atoms with E-state index >= 15 is 0 Å². The average molecular weight is 277 g/mol. The van der Waals surface area contributed by atoms with E-state index in [1.165, 1.54) is 11.3 Å². The molecule has 19 heavy (non-hydrogen) atoms. The number of amides is 1. The van der Waals surface area contributed by atoms with Gasteiger partial charge in [0.15, 0.2) is 5.13 Å². The molecule has 2 aromatic rings. The standard InChI is InChI=1S/C13H15N3O2S/c14-13-15-10-4-3-8(6-11(10)19-13)12(18)16-5-1-2-9(16)7-17/h3-4,6,9,17H,1-2,5,7H2,(H2,14,15). The molecule has 6 heteroatoms. The number of aromatic nitrogens is 1. The first-order chi connectivity index (χ1) is 9.19. The maximum atomic E-state index is 12.4. The second-order valence-corrected chi connectivity index (χ2v) is 5.77. The molecule has 1 aromatic carbocycles. The minimum absolute atomic E-state index is 0.0228. The predicted molar refractivity (Wildman–Crippen MR) is 75.2 cm³/mol. The van der Waals surface area contributed by atoms with Crippen molar-refractivity contribution in [3.8, 4) is 0 Å². The lowest BCUT2D eigenvalue weighted by Gasteiger charge is -2.23. The summed E-state index contributed by atoms with van der Waals surface area (Å²) in [5, 5.41) is 9.80. The molecule has 1 saturated heterocycles. The molecular weight excluding hydrogens is 262 g/mol. The summed E-state index contributed by atoms with van der Waals surface area (Å²) in [5.41, 5.74) is 7.12. The summed E-state index contributed by atoms with van der Waals surface area (Å²) >= 11 is 1.38. The normalized spacial score (nSPS) is 19.2. The number of rotatable bonds is 2. The quantitative estimate of drug-likeness (QED) is 0.871. The Bertz CT molecular complexity index is 625. The van der Waals surface area contributed by atoms with E-state index in [1.807, 2.05) is 12.1 Å². The van der Waals surface area contributed by atoms with Crippen LogP contribution < -0.4 is 5.73 Å². The second kappa shape index (κ2) is 4.79. The van der Waals surface area contributed by atoms with Crippen molar-refractivity contribution < 1.29 is 9.90 Å². The molecule has 1 atom stereocenters. The van der Waals surface area contributed by atoms with Crippen LogP contribution in [0.15, 0.2) is 18.2 Å². The van der Waals surface area contributed by atoms with Crippen LogP contribution in [0.1, 0.15) is 23.2 Å². The molecule has 1 aromatic heterocycles. The molecule has 1 fully saturated rings. The fourth-order valence-corrected chi connectivity index (χ4v) is 3.31. The van der Waals surface area contributed by atoms with Crippen LogP contribution in [0, 0.1) is 0 Å². The predicted octanol–water partition coefficient (Wildman–Crippen LogP) is 1.48. The minimum Gasteiger partial charge on any atom is -0.394 e. The summed E-state index contributed by atoms with van der Waals surface area (Å²) in [5.74, 6) is -0.0228. The van der Waals surface area contributed by atoms with Crippen LogP contribution in [-0.2, 0) is 0 Å². The van der Waals surface area contributed by atoms with Crippen molar-refractivity contribution in [1.82, 2.24) is 9.88 Å². The van der Waals surface area contributed by atoms with Gasteiger partial charge < -0.3 is 15.7 Å². The van der Waals surface area contributed by atoms with Crippen molar-refractivity contribution in [2.24, 2.45) is 0 Å². The van der Waals surface area contributed by atoms with E-state index in [1.54, 1.807) is 11.0 Å². The van der Waals surface area contributed by atoms with E-state index in [0.717, 1.165) is 23.1 Å². The first kappa shape index (κ1) is 12.4. The number of hydrogen-bond donors (Lipinski definition) is 2. The second-order valence-electron chi connectivity index (χ2n) is 4.71. The van der Waals surface area contributed by atoms with Gasteiger partial charge >= 0.3 is 0 Å². The highest BCUT2D eigenvalue weighted by atomic mass is 32.1. The lowest BCUT2D eigenvalue weighted by molar-refractivity contribution is 0.0678. The fraction of sp³-hybridized carbons (Fsp3) is 0.385. The number of likely N-dealkylation sites (tertiary alicyclic amines) is 1. The number of fused-ring (bicyclic) bond motifs is 1. The molecule has 0 aliphatic carbocycles. The topological polar surface area (TPSA) is 79.5 Å². The third-order valence-corrected chi connectivity index (χ3v) is 4.35. The van der Waals surface area contributed by atoms with Crippen LogP contribution in [0.3, 0.4) is 0 Å². The van der Waals surface area contributed by atoms with Gasteiger partial charge in [0.2, 0.25) is 0 Å². The Morgan fingerprint density at radius 2 is 2.42 bits per heavy atom. The number of anilines is 1. The zero-order valence-electron chi connectivity index (χ0n) is 10.4. The number of benzene rings is 1. The number of thiazole rings is 1. The Kier molecular flexibility index (Phi) is 3.12. The number of nitrogens with zero attached hydrogens (tertiary/aromatic N) is 2. The summed E-state index contributed by atoms with van der Waals surface area (Å²) in [6.07, 6.45) is 1.82. The number of aliphatic hydroxyl groups is 1. The highest BCUT2D eigenvalue weighted by Gasteiger charge is 2.28. The van der Waals surface area contributed by atoms with Crippen LogP contribution in [0.2, 0.25) is 0 Å². The smallest absolute Gasteiger partial charge is 0.254 e. The molecule has 0 spiro atoms. The van der Waals surface area contributed by atoms with Gasteiger partial charge in [0.05, 0.1) is 22.9 Å². The molecular formula is C13H15N3O2S. The van der Waals surface area contributed by atoms with Crippen molar-refractivity contribution >= 4 is 32.6 Å². The van der Waals surface area contributed by atoms with E-state index < -0.39 is 0 Å². The molecule has 3 rings (SSSR count). The van der Waals surface area contributed by atoms with Gasteiger partial charge in [-0.1, -0.05) is 11.3 Å². The number of hydrogen-bond acceptors (Lipinski definition) is 5. The number of carbonyl (C=O) groups is 1. The molecule has 3 N–H and O–H groups in total. The monoisotopic (exact) mass is 277 g/mol. The van der Waals surface area contributed by atoms with E-state index in [0.29, 0.717) is 17.2 Å². The van der Waals surface area contributed by atoms with Gasteiger partial charge in [-0.2, -0.15) is 0 Å². The van der Waals surface area contributed by atoms with E-state index in [-0.39, 0.29) is 18.6 Å². The van der Waals surface area contributed by atoms with E-state index in [2.05, 4.69) is 4.98 Å². The molecule has 1 aliphatic rings. The Morgan fingerprint density at radius 1 is 1.58 bits per heavy atom. The summed E-state index contributed by atoms with van der Waals surface area (Å²) in [7, 11) is 0. The van der Waals surface area contributed by atoms with Crippen LogP contribution in [0.25, 0.3) is 10.2 Å². The summed E-state index contributed by atoms with van der Waals surface area (Å²) in [4.78, 5) is 18.4. The minimum atomic E-state index is -0.0465. The lowest BCUT2D eigenvalue weighted by atomic mass is 10.1. The van der Waals surface area contributed by atoms with Gasteiger partial charge in [-0.25, -0.2) is 4.98 Å². The van der Waals surface area contributed by atoms with Crippen LogP contribution in [0.4, 0.5) is 5.13 Å². The van der Waals surface area contributed by atoms with Gasteiger partial charge in [0.1, 0.15) is 0 Å². The van der Waals surface area contributed by atoms with Crippen molar-refractivity contribution in [1.29, 1.82) is 0 Å². The maximum Gasteiger partial charge on any atom is 0.254 e. The molecule has 1 unspecified atom stereocenters. The van der Waals surface area contributed by atoms with Crippen molar-refractivity contribution in [2.45, 2.75) is 18.9 Å². The Morgan fingerprint density at radius 3 is 3.21 bits per heavy atom. The first-order valence-electron chi connectivity index (χ1n) is 6.27. The summed E-state index contributed by atoms with van der Waals surface area (Å²) in [6, 6.07) is 5.38. The maximum absolute atomic E-state index is 12.4. The molecule has 2 heterocycles. The highest BCUT2D eigenvalue weighted by Crippen LogP contribution is 2.26. The Balaban J connectivity index is 1.92. The fourth-order valence-electron chi connectivity index (χ4n) is 2.53. The summed E-state index contributed by atoms with van der Waals surface area (Å²) in [6.45, 7) is 0.744. The number of nitrogen functional groups attached to an aromatic ring is 1. The van der Waals surface area contributed by atoms with Crippen LogP contribution in [0.5, 0.6) is 0 Å². The SMILES string of the molecule is Nc1nc2ccc(C(=O)N3CCCC3CO)cc2s1. The highest BCUT2D eigenvalue weighted by molar-refractivity contribution is 7.22. The Hall–Kier alpha value is -1.66. The third-order valence-electron chi connectivity index (χ3n) is 3.50. The van der Waals surface area contributed by atoms with Crippen LogP contribution in [-0.4, -0.2) is 40.1 Å². The zero-order chi connectivity index (χ0) is 13.4. The van der Waals surface area contributed by atoms with Gasteiger partial charge in [0.25, 0.3) is 5.91 Å². The zero-order valence-corrected chi connectivity index (χ0v) is 11.2. The largest absolute Gasteiger partial charge is 0.394 e. The lowest BCUT2D eigenvalue weighted by Crippen LogP contribution is -2.37. The summed E-state index contributed by atoms with van der Waals surface area (Å²) < 4.78 is 0.920. The van der Waals surface area contributed by atoms with Crippen LogP contribution >= 0.6 is 11.3 Å². The number of nitrogens with two attached hydrogens (primary N) is 1. The molecule has 0 bridgehead atoms. The Labute approximate surface area is 114 Å². The van der Waals surface area contributed by atoms with E-state index in [4.69, 9.17) is 5.73 Å². The third kappa shape index (κ3) is 2.17. The molecule has 1 amide bonds. The number of carbonyl (C=O) groups excluding carboxylic acids is 1. The average Bonchev–Trinajstić information content (AvgIpc) is 3.01. The van der Waals surface area contributed by atoms with Gasteiger partial charge in [0, 0.05) is 12.1 Å². The van der Waals surface area contributed by atoms with Crippen molar-refractivity contribution in [3.05, 3.63) is 23.8 Å². The van der Waals surface area contributed by atoms with E-state index in [9.17, 15) is 9.90 Å².